The second-order valence-electron chi connectivity index (χ2n) is 8.56. The van der Waals surface area contributed by atoms with Crippen molar-refractivity contribution in [1.29, 1.82) is 0 Å². The van der Waals surface area contributed by atoms with Crippen molar-refractivity contribution in [3.63, 3.8) is 0 Å². The van der Waals surface area contributed by atoms with Crippen molar-refractivity contribution in [3.05, 3.63) is 65.9 Å². The van der Waals surface area contributed by atoms with Gasteiger partial charge in [0.25, 0.3) is 0 Å². The average molecular weight is 509 g/mol. The highest BCUT2D eigenvalue weighted by atomic mass is 32.2. The van der Waals surface area contributed by atoms with Crippen LogP contribution in [0.3, 0.4) is 0 Å². The van der Waals surface area contributed by atoms with Crippen LogP contribution < -0.4 is 10.1 Å². The molecule has 1 N–H and O–H groups in total. The van der Waals surface area contributed by atoms with Crippen LogP contribution in [0.15, 0.2) is 53.7 Å². The molecule has 186 valence electrons. The summed E-state index contributed by atoms with van der Waals surface area (Å²) >= 11 is 1.57. The van der Waals surface area contributed by atoms with Crippen LogP contribution in [0.4, 0.5) is 17.6 Å². The number of ether oxygens (including phenoxy) is 1. The number of carbonyl (C=O) groups is 1. The summed E-state index contributed by atoms with van der Waals surface area (Å²) in [5.41, 5.74) is -0.706. The first-order valence-electron chi connectivity index (χ1n) is 11.0. The van der Waals surface area contributed by atoms with E-state index in [0.29, 0.717) is 11.3 Å². The third-order valence-electron chi connectivity index (χ3n) is 6.17. The Balaban J connectivity index is 1.45. The first-order chi connectivity index (χ1) is 16.6. The number of rotatable bonds is 7. The molecule has 1 aromatic carbocycles. The predicted octanol–water partition coefficient (Wildman–Crippen LogP) is 5.40. The van der Waals surface area contributed by atoms with Gasteiger partial charge in [-0.25, -0.2) is 14.1 Å². The van der Waals surface area contributed by atoms with Gasteiger partial charge < -0.3 is 10.1 Å². The van der Waals surface area contributed by atoms with Gasteiger partial charge in [-0.1, -0.05) is 6.42 Å². The molecule has 0 radical (unpaired) electrons. The SMILES string of the molecule is COc1nn(-c2ccc(C(F)(F)F)nc2)cc1CNC(=O)C1(C)CCCC1Sc1ccc(F)cc1. The molecule has 1 amide bonds. The summed E-state index contributed by atoms with van der Waals surface area (Å²) in [4.78, 5) is 17.6. The number of methoxy groups -OCH3 is 1. The lowest BCUT2D eigenvalue weighted by molar-refractivity contribution is -0.141. The van der Waals surface area contributed by atoms with Gasteiger partial charge >= 0.3 is 6.18 Å². The summed E-state index contributed by atoms with van der Waals surface area (Å²) in [6, 6.07) is 8.39. The van der Waals surface area contributed by atoms with Crippen LogP contribution in [0.5, 0.6) is 5.88 Å². The van der Waals surface area contributed by atoms with Gasteiger partial charge in [-0.05, 0) is 56.2 Å². The maximum atomic E-state index is 13.2. The fourth-order valence-electron chi connectivity index (χ4n) is 4.15. The van der Waals surface area contributed by atoms with E-state index in [1.807, 2.05) is 6.92 Å². The van der Waals surface area contributed by atoms with Crippen LogP contribution in [0, 0.1) is 11.2 Å². The maximum Gasteiger partial charge on any atom is 0.433 e. The van der Waals surface area contributed by atoms with Gasteiger partial charge in [0.15, 0.2) is 0 Å². The minimum atomic E-state index is -4.53. The number of hydrogen-bond acceptors (Lipinski definition) is 5. The molecule has 6 nitrogen and oxygen atoms in total. The Morgan fingerprint density at radius 2 is 2.00 bits per heavy atom. The molecule has 1 aliphatic rings. The number of carbonyl (C=O) groups excluding carboxylic acids is 1. The minimum Gasteiger partial charge on any atom is -0.480 e. The first kappa shape index (κ1) is 25.0. The maximum absolute atomic E-state index is 13.2. The van der Waals surface area contributed by atoms with Crippen molar-refractivity contribution in [2.45, 2.75) is 49.1 Å². The highest BCUT2D eigenvalue weighted by molar-refractivity contribution is 8.00. The molecule has 35 heavy (non-hydrogen) atoms. The van der Waals surface area contributed by atoms with Crippen molar-refractivity contribution < 1.29 is 27.1 Å². The molecule has 3 aromatic rings. The van der Waals surface area contributed by atoms with Crippen molar-refractivity contribution in [2.24, 2.45) is 5.41 Å². The normalized spacial score (nSPS) is 20.1. The van der Waals surface area contributed by atoms with Crippen molar-refractivity contribution in [2.75, 3.05) is 7.11 Å². The van der Waals surface area contributed by atoms with E-state index >= 15 is 0 Å². The molecule has 1 aliphatic carbocycles. The Labute approximate surface area is 204 Å². The van der Waals surface area contributed by atoms with Crippen LogP contribution in [0.25, 0.3) is 5.69 Å². The molecular formula is C24H24F4N4O2S. The molecular weight excluding hydrogens is 484 g/mol. The van der Waals surface area contributed by atoms with Crippen molar-refractivity contribution in [3.8, 4) is 11.6 Å². The van der Waals surface area contributed by atoms with Gasteiger partial charge in [0, 0.05) is 22.9 Å². The molecule has 0 aliphatic heterocycles. The number of benzene rings is 1. The molecule has 1 saturated carbocycles. The lowest BCUT2D eigenvalue weighted by Crippen LogP contribution is -2.42. The smallest absolute Gasteiger partial charge is 0.433 e. The number of nitrogens with zero attached hydrogens (tertiary/aromatic N) is 3. The number of amides is 1. The zero-order valence-electron chi connectivity index (χ0n) is 19.1. The zero-order valence-corrected chi connectivity index (χ0v) is 19.9. The summed E-state index contributed by atoms with van der Waals surface area (Å²) in [7, 11) is 1.43. The van der Waals surface area contributed by atoms with E-state index in [0.717, 1.165) is 36.4 Å². The Hall–Kier alpha value is -3.08. The van der Waals surface area contributed by atoms with Gasteiger partial charge in [-0.15, -0.1) is 16.9 Å². The Morgan fingerprint density at radius 1 is 1.26 bits per heavy atom. The van der Waals surface area contributed by atoms with Gasteiger partial charge in [-0.3, -0.25) is 4.79 Å². The Kier molecular flexibility index (Phi) is 7.07. The molecule has 0 bridgehead atoms. The second-order valence-corrected chi connectivity index (χ2v) is 9.84. The number of nitrogens with one attached hydrogen (secondary N) is 1. The summed E-state index contributed by atoms with van der Waals surface area (Å²) < 4.78 is 58.3. The van der Waals surface area contributed by atoms with Crippen LogP contribution in [0.1, 0.15) is 37.4 Å². The molecule has 0 spiro atoms. The third kappa shape index (κ3) is 5.44. The fraction of sp³-hybridized carbons (Fsp3) is 0.375. The van der Waals surface area contributed by atoms with E-state index < -0.39 is 17.3 Å². The summed E-state index contributed by atoms with van der Waals surface area (Å²) in [6.45, 7) is 2.07. The molecule has 0 saturated heterocycles. The monoisotopic (exact) mass is 508 g/mol. The average Bonchev–Trinajstić information content (AvgIpc) is 3.42. The zero-order chi connectivity index (χ0) is 25.2. The van der Waals surface area contributed by atoms with Crippen LogP contribution in [0.2, 0.25) is 0 Å². The molecule has 4 rings (SSSR count). The standard InChI is InChI=1S/C24H24F4N4O2S/c1-23(11-3-4-20(23)35-18-8-5-16(25)6-9-18)22(33)30-12-15-14-32(31-21(15)34-2)17-7-10-19(29-13-17)24(26,27)28/h5-10,13-14,20H,3-4,11-12H2,1-2H3,(H,30,33). The van der Waals surface area contributed by atoms with E-state index in [9.17, 15) is 22.4 Å². The molecule has 2 unspecified atom stereocenters. The topological polar surface area (TPSA) is 69.0 Å². The van der Waals surface area contributed by atoms with E-state index in [2.05, 4.69) is 15.4 Å². The lowest BCUT2D eigenvalue weighted by atomic mass is 9.87. The predicted molar refractivity (Wildman–Crippen MR) is 123 cm³/mol. The van der Waals surface area contributed by atoms with E-state index in [1.54, 1.807) is 30.1 Å². The Morgan fingerprint density at radius 3 is 2.63 bits per heavy atom. The van der Waals surface area contributed by atoms with Gasteiger partial charge in [0.05, 0.1) is 30.0 Å². The fourth-order valence-corrected chi connectivity index (χ4v) is 5.54. The van der Waals surface area contributed by atoms with Gasteiger partial charge in [0.2, 0.25) is 11.8 Å². The largest absolute Gasteiger partial charge is 0.480 e. The van der Waals surface area contributed by atoms with Gasteiger partial charge in [0.1, 0.15) is 11.5 Å². The van der Waals surface area contributed by atoms with Crippen LogP contribution in [-0.2, 0) is 17.5 Å². The molecule has 1 fully saturated rings. The van der Waals surface area contributed by atoms with Crippen molar-refractivity contribution >= 4 is 17.7 Å². The third-order valence-corrected chi connectivity index (χ3v) is 7.76. The second kappa shape index (κ2) is 9.88. The van der Waals surface area contributed by atoms with E-state index in [4.69, 9.17) is 4.74 Å². The summed E-state index contributed by atoms with van der Waals surface area (Å²) in [5.74, 6) is -0.164. The summed E-state index contributed by atoms with van der Waals surface area (Å²) in [6.07, 6.45) is 0.642. The van der Waals surface area contributed by atoms with E-state index in [-0.39, 0.29) is 29.4 Å². The molecule has 2 aromatic heterocycles. The number of thioether (sulfide) groups is 1. The number of halogens is 4. The first-order valence-corrected chi connectivity index (χ1v) is 11.8. The number of aromatic nitrogens is 3. The Bertz CT molecular complexity index is 1180. The number of alkyl halides is 3. The molecule has 2 atom stereocenters. The minimum absolute atomic E-state index is 0.0378. The number of pyridine rings is 1. The molecule has 2 heterocycles. The van der Waals surface area contributed by atoms with Crippen LogP contribution >= 0.6 is 11.8 Å². The van der Waals surface area contributed by atoms with Crippen LogP contribution in [-0.4, -0.2) is 33.0 Å². The highest BCUT2D eigenvalue weighted by Crippen LogP contribution is 2.47. The quantitative estimate of drug-likeness (QED) is 0.433. The highest BCUT2D eigenvalue weighted by Gasteiger charge is 2.45. The number of hydrogen-bond donors (Lipinski definition) is 1. The lowest BCUT2D eigenvalue weighted by Gasteiger charge is -2.30. The summed E-state index contributed by atoms with van der Waals surface area (Å²) in [5, 5.41) is 7.25. The van der Waals surface area contributed by atoms with Crippen molar-refractivity contribution in [1.82, 2.24) is 20.1 Å². The molecule has 11 heteroatoms. The van der Waals surface area contributed by atoms with Gasteiger partial charge in [-0.2, -0.15) is 13.2 Å². The van der Waals surface area contributed by atoms with E-state index in [1.165, 1.54) is 30.0 Å².